The van der Waals surface area contributed by atoms with Gasteiger partial charge in [0.25, 0.3) is 0 Å². The number of nitrogens with two attached hydrogens (primary N) is 2. The van der Waals surface area contributed by atoms with Crippen molar-refractivity contribution in [2.24, 2.45) is 17.6 Å². The molecule has 0 bridgehead atoms. The molecule has 0 aliphatic rings. The summed E-state index contributed by atoms with van der Waals surface area (Å²) in [4.78, 5) is 36.5. The third-order valence-electron chi connectivity index (χ3n) is 5.06. The lowest BCUT2D eigenvalue weighted by molar-refractivity contribution is -0.149. The first-order chi connectivity index (χ1) is 14.8. The number of unbranched alkanes of at least 4 members (excludes halogenated alkanes) is 2. The number of carbonyl (C=O) groups is 2. The lowest BCUT2D eigenvalue weighted by Crippen LogP contribution is -2.37. The fraction of sp³-hybridized carbons (Fsp3) is 0.667. The van der Waals surface area contributed by atoms with E-state index in [9.17, 15) is 9.59 Å². The number of nitrogens with zero attached hydrogens (tertiary/aromatic N) is 4. The number of ether oxygens (including phenoxy) is 2. The maximum absolute atomic E-state index is 12.0. The third-order valence-corrected chi connectivity index (χ3v) is 5.06. The van der Waals surface area contributed by atoms with E-state index < -0.39 is 12.0 Å². The summed E-state index contributed by atoms with van der Waals surface area (Å²) >= 11 is 0. The van der Waals surface area contributed by atoms with Crippen LogP contribution in [-0.4, -0.2) is 50.7 Å². The molecule has 0 radical (unpaired) electrons. The molecule has 2 aromatic heterocycles. The van der Waals surface area contributed by atoms with Crippen LogP contribution in [0.15, 0.2) is 12.5 Å². The van der Waals surface area contributed by atoms with Gasteiger partial charge in [0, 0.05) is 18.9 Å². The van der Waals surface area contributed by atoms with Gasteiger partial charge in [0.05, 0.1) is 25.7 Å². The van der Waals surface area contributed by atoms with E-state index in [1.54, 1.807) is 12.5 Å². The van der Waals surface area contributed by atoms with Gasteiger partial charge in [-0.1, -0.05) is 33.6 Å². The van der Waals surface area contributed by atoms with Gasteiger partial charge in [0.1, 0.15) is 11.6 Å². The Morgan fingerprint density at radius 2 is 1.97 bits per heavy atom. The summed E-state index contributed by atoms with van der Waals surface area (Å²) in [6, 6.07) is -0.660. The molecule has 0 spiro atoms. The van der Waals surface area contributed by atoms with Crippen molar-refractivity contribution < 1.29 is 19.1 Å². The van der Waals surface area contributed by atoms with Crippen molar-refractivity contribution in [3.63, 3.8) is 0 Å². The first kappa shape index (κ1) is 24.5. The molecule has 2 heterocycles. The minimum atomic E-state index is -0.660. The van der Waals surface area contributed by atoms with Gasteiger partial charge in [-0.25, -0.2) is 9.97 Å². The normalized spacial score (nSPS) is 13.3. The van der Waals surface area contributed by atoms with E-state index in [4.69, 9.17) is 20.9 Å². The fourth-order valence-electron chi connectivity index (χ4n) is 3.00. The van der Waals surface area contributed by atoms with Crippen LogP contribution < -0.4 is 11.5 Å². The standard InChI is InChI=1S/C21H34N6O4/c1-4-5-6-7-17(28)31-12-15(8-9-30-20(29)18(22)14(2)3)11-27-13-25-16-10-24-21(23)26-19(16)27/h10,13-15,18H,4-9,11-12,22H2,1-3H3,(H2,23,24,26)/t15?,18-/m0/s1. The van der Waals surface area contributed by atoms with Gasteiger partial charge in [-0.05, 0) is 18.8 Å². The lowest BCUT2D eigenvalue weighted by Gasteiger charge is -2.19. The van der Waals surface area contributed by atoms with Crippen molar-refractivity contribution in [1.82, 2.24) is 19.5 Å². The number of esters is 2. The van der Waals surface area contributed by atoms with Crippen molar-refractivity contribution in [3.05, 3.63) is 12.5 Å². The summed E-state index contributed by atoms with van der Waals surface area (Å²) in [6.45, 7) is 6.68. The first-order valence-electron chi connectivity index (χ1n) is 10.8. The van der Waals surface area contributed by atoms with Gasteiger partial charge < -0.3 is 25.5 Å². The Morgan fingerprint density at radius 1 is 1.19 bits per heavy atom. The van der Waals surface area contributed by atoms with Crippen molar-refractivity contribution in [3.8, 4) is 0 Å². The van der Waals surface area contributed by atoms with Gasteiger partial charge in [0.15, 0.2) is 5.65 Å². The molecule has 172 valence electrons. The number of anilines is 1. The number of hydrogen-bond donors (Lipinski definition) is 2. The van der Waals surface area contributed by atoms with Gasteiger partial charge in [-0.15, -0.1) is 0 Å². The molecule has 0 saturated heterocycles. The van der Waals surface area contributed by atoms with E-state index in [1.165, 1.54) is 0 Å². The van der Waals surface area contributed by atoms with E-state index in [1.807, 2.05) is 18.4 Å². The number of carbonyl (C=O) groups excluding carboxylic acids is 2. The molecule has 4 N–H and O–H groups in total. The molecule has 0 aliphatic heterocycles. The minimum Gasteiger partial charge on any atom is -0.465 e. The summed E-state index contributed by atoms with van der Waals surface area (Å²) < 4.78 is 12.7. The molecule has 1 unspecified atom stereocenters. The molecule has 10 heteroatoms. The summed E-state index contributed by atoms with van der Waals surface area (Å²) in [5.74, 6) is -0.607. The Morgan fingerprint density at radius 3 is 2.68 bits per heavy atom. The number of fused-ring (bicyclic) bond motifs is 1. The number of imidazole rings is 1. The highest BCUT2D eigenvalue weighted by atomic mass is 16.5. The van der Waals surface area contributed by atoms with Gasteiger partial charge >= 0.3 is 11.9 Å². The van der Waals surface area contributed by atoms with Crippen LogP contribution in [0.2, 0.25) is 0 Å². The average Bonchev–Trinajstić information content (AvgIpc) is 3.13. The van der Waals surface area contributed by atoms with Crippen LogP contribution in [0, 0.1) is 11.8 Å². The van der Waals surface area contributed by atoms with Crippen molar-refractivity contribution in [1.29, 1.82) is 0 Å². The van der Waals surface area contributed by atoms with Gasteiger partial charge in [-0.3, -0.25) is 9.59 Å². The van der Waals surface area contributed by atoms with E-state index in [2.05, 4.69) is 21.9 Å². The second-order valence-electron chi connectivity index (χ2n) is 8.07. The molecule has 0 aliphatic carbocycles. The van der Waals surface area contributed by atoms with Crippen LogP contribution >= 0.6 is 0 Å². The second kappa shape index (κ2) is 12.2. The van der Waals surface area contributed by atoms with Crippen molar-refractivity contribution >= 4 is 29.1 Å². The minimum absolute atomic E-state index is 0.00479. The summed E-state index contributed by atoms with van der Waals surface area (Å²) in [5.41, 5.74) is 12.8. The Kier molecular flexibility index (Phi) is 9.64. The summed E-state index contributed by atoms with van der Waals surface area (Å²) in [6.07, 6.45) is 6.95. The third kappa shape index (κ3) is 7.78. The highest BCUT2D eigenvalue weighted by molar-refractivity contribution is 5.75. The maximum Gasteiger partial charge on any atom is 0.323 e. The monoisotopic (exact) mass is 434 g/mol. The highest BCUT2D eigenvalue weighted by Gasteiger charge is 2.20. The quantitative estimate of drug-likeness (QED) is 0.357. The number of hydrogen-bond acceptors (Lipinski definition) is 9. The fourth-order valence-corrected chi connectivity index (χ4v) is 3.00. The molecule has 10 nitrogen and oxygen atoms in total. The first-order valence-corrected chi connectivity index (χ1v) is 10.8. The van der Waals surface area contributed by atoms with Crippen LogP contribution in [-0.2, 0) is 25.6 Å². The topological polar surface area (TPSA) is 148 Å². The Bertz CT molecular complexity index is 854. The molecular weight excluding hydrogens is 400 g/mol. The molecule has 0 aromatic carbocycles. The average molecular weight is 435 g/mol. The SMILES string of the molecule is CCCCCC(=O)OCC(CCOC(=O)[C@@H](N)C(C)C)Cn1cnc2cnc(N)nc21. The Balaban J connectivity index is 1.99. The summed E-state index contributed by atoms with van der Waals surface area (Å²) in [5, 5.41) is 0. The molecule has 2 aromatic rings. The molecule has 0 saturated carbocycles. The molecule has 31 heavy (non-hydrogen) atoms. The number of nitrogen functional groups attached to an aromatic ring is 1. The van der Waals surface area contributed by atoms with E-state index in [0.717, 1.165) is 19.3 Å². The number of aromatic nitrogens is 4. The van der Waals surface area contributed by atoms with Crippen LogP contribution in [0.25, 0.3) is 11.2 Å². The largest absolute Gasteiger partial charge is 0.465 e. The molecule has 0 amide bonds. The maximum atomic E-state index is 12.0. The summed E-state index contributed by atoms with van der Waals surface area (Å²) in [7, 11) is 0. The van der Waals surface area contributed by atoms with Crippen molar-refractivity contribution in [2.75, 3.05) is 18.9 Å². The Labute approximate surface area is 182 Å². The zero-order valence-electron chi connectivity index (χ0n) is 18.6. The van der Waals surface area contributed by atoms with Gasteiger partial charge in [0.2, 0.25) is 5.95 Å². The molecule has 2 atom stereocenters. The van der Waals surface area contributed by atoms with E-state index in [-0.39, 0.29) is 37.0 Å². The predicted octanol–water partition coefficient (Wildman–Crippen LogP) is 2.06. The lowest BCUT2D eigenvalue weighted by atomic mass is 10.1. The highest BCUT2D eigenvalue weighted by Crippen LogP contribution is 2.16. The van der Waals surface area contributed by atoms with Crippen LogP contribution in [0.5, 0.6) is 0 Å². The van der Waals surface area contributed by atoms with Crippen molar-refractivity contribution in [2.45, 2.75) is 65.5 Å². The molecule has 2 rings (SSSR count). The second-order valence-corrected chi connectivity index (χ2v) is 8.07. The molecule has 0 fully saturated rings. The smallest absolute Gasteiger partial charge is 0.323 e. The van der Waals surface area contributed by atoms with Crippen LogP contribution in [0.1, 0.15) is 52.9 Å². The zero-order valence-corrected chi connectivity index (χ0v) is 18.6. The Hall–Kier alpha value is -2.75. The predicted molar refractivity (Wildman–Crippen MR) is 117 cm³/mol. The van der Waals surface area contributed by atoms with E-state index in [0.29, 0.717) is 30.6 Å². The van der Waals surface area contributed by atoms with Gasteiger partial charge in [-0.2, -0.15) is 4.98 Å². The number of rotatable bonds is 13. The zero-order chi connectivity index (χ0) is 22.8. The molecular formula is C21H34N6O4. The van der Waals surface area contributed by atoms with Crippen LogP contribution in [0.3, 0.4) is 0 Å². The van der Waals surface area contributed by atoms with Crippen LogP contribution in [0.4, 0.5) is 5.95 Å². The van der Waals surface area contributed by atoms with E-state index >= 15 is 0 Å².